The average molecular weight is 492 g/mol. The van der Waals surface area contributed by atoms with Gasteiger partial charge in [-0.3, -0.25) is 4.90 Å². The minimum atomic E-state index is -0.284. The number of rotatable bonds is 10. The lowest BCUT2D eigenvalue weighted by Crippen LogP contribution is -2.48. The molecule has 0 aliphatic carbocycles. The molecule has 188 valence electrons. The third-order valence-electron chi connectivity index (χ3n) is 5.91. The second-order valence-corrected chi connectivity index (χ2v) is 8.79. The molecule has 0 unspecified atom stereocenters. The summed E-state index contributed by atoms with van der Waals surface area (Å²) in [6.45, 7) is 13.5. The summed E-state index contributed by atoms with van der Waals surface area (Å²) in [5.74, 6) is 0.969. The maximum Gasteiger partial charge on any atom is 0.232 e. The molecule has 0 bridgehead atoms. The molecule has 1 aliphatic rings. The predicted octanol–water partition coefficient (Wildman–Crippen LogP) is 4.65. The molecule has 0 radical (unpaired) electrons. The zero-order valence-electron chi connectivity index (χ0n) is 20.4. The van der Waals surface area contributed by atoms with Crippen molar-refractivity contribution in [3.05, 3.63) is 96.1 Å². The molecule has 0 atom stereocenters. The highest BCUT2D eigenvalue weighted by atomic mass is 19.1. The number of benzene rings is 2. The molecule has 0 amide bonds. The smallest absolute Gasteiger partial charge is 0.232 e. The van der Waals surface area contributed by atoms with Gasteiger partial charge in [-0.2, -0.15) is 15.0 Å². The molecule has 9 heteroatoms. The molecule has 0 saturated carbocycles. The Balaban J connectivity index is 1.54. The van der Waals surface area contributed by atoms with Crippen LogP contribution in [-0.4, -0.2) is 59.1 Å². The fourth-order valence-electron chi connectivity index (χ4n) is 4.14. The molecule has 0 spiro atoms. The Morgan fingerprint density at radius 1 is 0.889 bits per heavy atom. The van der Waals surface area contributed by atoms with E-state index in [1.165, 1.54) is 24.3 Å². The third kappa shape index (κ3) is 6.42. The molecule has 1 fully saturated rings. The van der Waals surface area contributed by atoms with E-state index in [4.69, 9.17) is 0 Å². The summed E-state index contributed by atoms with van der Waals surface area (Å²) < 4.78 is 27.2. The van der Waals surface area contributed by atoms with Gasteiger partial charge in [0.05, 0.1) is 6.04 Å². The molecule has 2 N–H and O–H groups in total. The Morgan fingerprint density at radius 2 is 1.42 bits per heavy atom. The van der Waals surface area contributed by atoms with E-state index in [1.807, 2.05) is 6.92 Å². The molecular weight excluding hydrogens is 460 g/mol. The van der Waals surface area contributed by atoms with Crippen molar-refractivity contribution in [3.63, 3.8) is 0 Å². The summed E-state index contributed by atoms with van der Waals surface area (Å²) in [7, 11) is 0. The van der Waals surface area contributed by atoms with Crippen LogP contribution >= 0.6 is 0 Å². The maximum absolute atomic E-state index is 13.6. The summed E-state index contributed by atoms with van der Waals surface area (Å²) in [4.78, 5) is 18.1. The normalized spacial score (nSPS) is 14.1. The summed E-state index contributed by atoms with van der Waals surface area (Å²) in [5, 5.41) is 6.33. The van der Waals surface area contributed by atoms with Gasteiger partial charge in [0.1, 0.15) is 11.6 Å². The maximum atomic E-state index is 13.6. The fourth-order valence-corrected chi connectivity index (χ4v) is 4.14. The van der Waals surface area contributed by atoms with Gasteiger partial charge in [-0.25, -0.2) is 8.78 Å². The molecule has 1 aliphatic heterocycles. The first-order valence-electron chi connectivity index (χ1n) is 11.9. The molecule has 36 heavy (non-hydrogen) atoms. The first kappa shape index (κ1) is 25.2. The first-order chi connectivity index (χ1) is 17.4. The van der Waals surface area contributed by atoms with Crippen LogP contribution in [0.4, 0.5) is 26.6 Å². The van der Waals surface area contributed by atoms with Crippen LogP contribution in [0.15, 0.2) is 73.3 Å². The van der Waals surface area contributed by atoms with Crippen LogP contribution in [0.5, 0.6) is 0 Å². The molecule has 1 aromatic heterocycles. The molecule has 7 nitrogen and oxygen atoms in total. The van der Waals surface area contributed by atoms with Gasteiger partial charge in [0.2, 0.25) is 17.8 Å². The number of halogens is 2. The lowest BCUT2D eigenvalue weighted by molar-refractivity contribution is 0.211. The van der Waals surface area contributed by atoms with Crippen molar-refractivity contribution in [1.82, 2.24) is 19.9 Å². The minimum Gasteiger partial charge on any atom is -0.351 e. The molecular formula is C27H31F2N7. The van der Waals surface area contributed by atoms with Crippen molar-refractivity contribution in [3.8, 4) is 0 Å². The van der Waals surface area contributed by atoms with Gasteiger partial charge in [0, 0.05) is 39.3 Å². The quantitative estimate of drug-likeness (QED) is 0.400. The van der Waals surface area contributed by atoms with Crippen molar-refractivity contribution in [1.29, 1.82) is 0 Å². The highest BCUT2D eigenvalue weighted by Gasteiger charge is 2.28. The van der Waals surface area contributed by atoms with E-state index < -0.39 is 0 Å². The van der Waals surface area contributed by atoms with Crippen LogP contribution < -0.4 is 15.5 Å². The molecule has 3 aromatic rings. The lowest BCUT2D eigenvalue weighted by Gasteiger charge is -2.39. The molecule has 2 aromatic carbocycles. The van der Waals surface area contributed by atoms with E-state index in [0.717, 1.165) is 29.8 Å². The second-order valence-electron chi connectivity index (χ2n) is 8.79. The van der Waals surface area contributed by atoms with Gasteiger partial charge in [-0.15, -0.1) is 6.58 Å². The van der Waals surface area contributed by atoms with Crippen molar-refractivity contribution in [2.24, 2.45) is 0 Å². The Morgan fingerprint density at radius 3 is 1.92 bits per heavy atom. The van der Waals surface area contributed by atoms with E-state index >= 15 is 0 Å². The Labute approximate surface area is 210 Å². The van der Waals surface area contributed by atoms with Crippen molar-refractivity contribution in [2.75, 3.05) is 54.8 Å². The van der Waals surface area contributed by atoms with Gasteiger partial charge in [-0.05, 0) is 42.3 Å². The third-order valence-corrected chi connectivity index (χ3v) is 5.91. The molecule has 2 heterocycles. The number of anilines is 3. The van der Waals surface area contributed by atoms with Crippen LogP contribution in [0.25, 0.3) is 0 Å². The number of hydrogen-bond donors (Lipinski definition) is 2. The summed E-state index contributed by atoms with van der Waals surface area (Å²) >= 11 is 0. The van der Waals surface area contributed by atoms with E-state index in [9.17, 15) is 8.78 Å². The second kappa shape index (κ2) is 11.7. The largest absolute Gasteiger partial charge is 0.351 e. The first-order valence-corrected chi connectivity index (χ1v) is 11.9. The molecule has 4 rings (SSSR count). The number of nitrogens with one attached hydrogen (secondary N) is 2. The van der Waals surface area contributed by atoms with Gasteiger partial charge >= 0.3 is 0 Å². The Hall–Kier alpha value is -3.85. The van der Waals surface area contributed by atoms with Crippen LogP contribution in [0, 0.1) is 11.6 Å². The van der Waals surface area contributed by atoms with E-state index in [1.54, 1.807) is 30.3 Å². The van der Waals surface area contributed by atoms with Gasteiger partial charge < -0.3 is 15.5 Å². The van der Waals surface area contributed by atoms with Crippen LogP contribution in [0.1, 0.15) is 24.1 Å². The van der Waals surface area contributed by atoms with Gasteiger partial charge in [0.15, 0.2) is 0 Å². The zero-order valence-corrected chi connectivity index (χ0v) is 20.4. The minimum absolute atomic E-state index is 0.121. The number of piperazine rings is 1. The van der Waals surface area contributed by atoms with Crippen LogP contribution in [0.3, 0.4) is 0 Å². The highest BCUT2D eigenvalue weighted by Crippen LogP contribution is 2.30. The lowest BCUT2D eigenvalue weighted by atomic mass is 9.96. The standard InChI is InChI=1S/C27H31F2N7/c1-4-13-30-25-32-26(31-18-19(2)3)34-27(33-25)36-16-14-35(15-17-36)24(20-5-9-22(28)10-6-20)21-7-11-23(29)12-8-21/h4-12,24H,1-2,13-18H2,3H3,(H2,30,31,32,33,34). The number of nitrogens with zero attached hydrogens (tertiary/aromatic N) is 5. The topological polar surface area (TPSA) is 69.2 Å². The van der Waals surface area contributed by atoms with Gasteiger partial charge in [-0.1, -0.05) is 42.5 Å². The zero-order chi connectivity index (χ0) is 25.5. The highest BCUT2D eigenvalue weighted by molar-refractivity contribution is 5.45. The Bertz CT molecular complexity index is 1130. The van der Waals surface area contributed by atoms with Crippen molar-refractivity contribution in [2.45, 2.75) is 13.0 Å². The molecule has 1 saturated heterocycles. The van der Waals surface area contributed by atoms with E-state index in [-0.39, 0.29) is 17.7 Å². The van der Waals surface area contributed by atoms with Gasteiger partial charge in [0.25, 0.3) is 0 Å². The summed E-state index contributed by atoms with van der Waals surface area (Å²) in [5.41, 5.74) is 2.89. The SMILES string of the molecule is C=CCNc1nc(NCC(=C)C)nc(N2CCN(C(c3ccc(F)cc3)c3ccc(F)cc3)CC2)n1. The monoisotopic (exact) mass is 491 g/mol. The van der Waals surface area contributed by atoms with Crippen molar-refractivity contribution < 1.29 is 8.78 Å². The van der Waals surface area contributed by atoms with Crippen molar-refractivity contribution >= 4 is 17.8 Å². The van der Waals surface area contributed by atoms with Crippen LogP contribution in [-0.2, 0) is 0 Å². The summed E-state index contributed by atoms with van der Waals surface area (Å²) in [6, 6.07) is 12.9. The number of aromatic nitrogens is 3. The van der Waals surface area contributed by atoms with E-state index in [2.05, 4.69) is 48.5 Å². The predicted molar refractivity (Wildman–Crippen MR) is 140 cm³/mol. The number of hydrogen-bond acceptors (Lipinski definition) is 7. The summed E-state index contributed by atoms with van der Waals surface area (Å²) in [6.07, 6.45) is 1.74. The average Bonchev–Trinajstić information content (AvgIpc) is 2.89. The fraction of sp³-hybridized carbons (Fsp3) is 0.296. The van der Waals surface area contributed by atoms with E-state index in [0.29, 0.717) is 44.0 Å². The Kier molecular flexibility index (Phi) is 8.22. The van der Waals surface area contributed by atoms with Crippen LogP contribution in [0.2, 0.25) is 0 Å².